The molecule has 0 aliphatic heterocycles. The van der Waals surface area contributed by atoms with Crippen molar-refractivity contribution in [1.29, 1.82) is 0 Å². The maximum Gasteiger partial charge on any atom is 0.258 e. The van der Waals surface area contributed by atoms with Gasteiger partial charge in [0.05, 0.1) is 0 Å². The molecule has 1 amide bonds. The van der Waals surface area contributed by atoms with Gasteiger partial charge in [0.2, 0.25) is 0 Å². The molecule has 15 heavy (non-hydrogen) atoms. The van der Waals surface area contributed by atoms with Crippen LogP contribution in [0.1, 0.15) is 32.1 Å². The van der Waals surface area contributed by atoms with Crippen LogP contribution < -0.4 is 5.32 Å². The van der Waals surface area contributed by atoms with Crippen LogP contribution in [0.25, 0.3) is 0 Å². The van der Waals surface area contributed by atoms with Crippen LogP contribution in [-0.2, 0) is 4.79 Å². The quantitative estimate of drug-likeness (QED) is 0.808. The molecule has 0 spiro atoms. The molecule has 2 rings (SSSR count). The summed E-state index contributed by atoms with van der Waals surface area (Å²) in [6.45, 7) is 0. The fraction of sp³-hybridized carbons (Fsp3) is 0.600. The van der Waals surface area contributed by atoms with Gasteiger partial charge in [-0.25, -0.2) is 4.98 Å². The Balaban J connectivity index is 2.00. The molecule has 0 bridgehead atoms. The molecule has 0 radical (unpaired) electrons. The van der Waals surface area contributed by atoms with Crippen molar-refractivity contribution in [3.05, 3.63) is 11.6 Å². The normalized spacial score (nSPS) is 19.8. The van der Waals surface area contributed by atoms with Gasteiger partial charge < -0.3 is 5.11 Å². The van der Waals surface area contributed by atoms with Gasteiger partial charge in [0.15, 0.2) is 5.13 Å². The second-order valence-electron chi connectivity index (χ2n) is 3.88. The predicted octanol–water partition coefficient (Wildman–Crippen LogP) is 1.78. The molecule has 0 saturated heterocycles. The van der Waals surface area contributed by atoms with Crippen LogP contribution >= 0.6 is 11.3 Å². The van der Waals surface area contributed by atoms with E-state index in [1.165, 1.54) is 11.3 Å². The zero-order chi connectivity index (χ0) is 10.7. The van der Waals surface area contributed by atoms with Crippen LogP contribution in [0.15, 0.2) is 11.6 Å². The zero-order valence-corrected chi connectivity index (χ0v) is 9.22. The first-order valence-corrected chi connectivity index (χ1v) is 6.02. The van der Waals surface area contributed by atoms with Gasteiger partial charge in [-0.2, -0.15) is 0 Å². The van der Waals surface area contributed by atoms with E-state index in [1.54, 1.807) is 11.6 Å². The van der Waals surface area contributed by atoms with Crippen molar-refractivity contribution in [2.45, 2.75) is 37.7 Å². The lowest BCUT2D eigenvalue weighted by atomic mass is 9.84. The SMILES string of the molecule is O=C(Nc1nccs1)C1(O)CCCCC1. The molecule has 1 aromatic heterocycles. The smallest absolute Gasteiger partial charge is 0.258 e. The number of thiazole rings is 1. The molecular weight excluding hydrogens is 212 g/mol. The summed E-state index contributed by atoms with van der Waals surface area (Å²) in [6.07, 6.45) is 5.69. The number of nitrogens with zero attached hydrogens (tertiary/aromatic N) is 1. The number of hydrogen-bond acceptors (Lipinski definition) is 4. The van der Waals surface area contributed by atoms with E-state index in [9.17, 15) is 9.90 Å². The molecule has 82 valence electrons. The van der Waals surface area contributed by atoms with E-state index in [2.05, 4.69) is 10.3 Å². The van der Waals surface area contributed by atoms with Crippen molar-refractivity contribution in [3.63, 3.8) is 0 Å². The summed E-state index contributed by atoms with van der Waals surface area (Å²) in [5, 5.41) is 15.1. The highest BCUT2D eigenvalue weighted by molar-refractivity contribution is 7.13. The van der Waals surface area contributed by atoms with Gasteiger partial charge in [0, 0.05) is 11.6 Å². The Labute approximate surface area is 92.3 Å². The van der Waals surface area contributed by atoms with Crippen molar-refractivity contribution in [2.75, 3.05) is 5.32 Å². The third-order valence-corrected chi connectivity index (χ3v) is 3.44. The number of rotatable bonds is 2. The first kappa shape index (κ1) is 10.6. The summed E-state index contributed by atoms with van der Waals surface area (Å²) in [5.41, 5.74) is -1.18. The molecule has 2 N–H and O–H groups in total. The van der Waals surface area contributed by atoms with Crippen LogP contribution in [0.4, 0.5) is 5.13 Å². The van der Waals surface area contributed by atoms with Crippen molar-refractivity contribution in [3.8, 4) is 0 Å². The van der Waals surface area contributed by atoms with Crippen molar-refractivity contribution < 1.29 is 9.90 Å². The van der Waals surface area contributed by atoms with Crippen LogP contribution in [0.2, 0.25) is 0 Å². The van der Waals surface area contributed by atoms with Crippen LogP contribution in [0.5, 0.6) is 0 Å². The predicted molar refractivity (Wildman–Crippen MR) is 58.8 cm³/mol. The minimum absolute atomic E-state index is 0.308. The van der Waals surface area contributed by atoms with Gasteiger partial charge in [0.25, 0.3) is 5.91 Å². The Kier molecular flexibility index (Phi) is 3.02. The summed E-state index contributed by atoms with van der Waals surface area (Å²) in [7, 11) is 0. The van der Waals surface area contributed by atoms with E-state index < -0.39 is 5.60 Å². The highest BCUT2D eigenvalue weighted by atomic mass is 32.1. The van der Waals surface area contributed by atoms with E-state index in [-0.39, 0.29) is 5.91 Å². The summed E-state index contributed by atoms with van der Waals surface area (Å²) < 4.78 is 0. The lowest BCUT2D eigenvalue weighted by Crippen LogP contribution is -2.44. The summed E-state index contributed by atoms with van der Waals surface area (Å²) >= 11 is 1.36. The van der Waals surface area contributed by atoms with Crippen LogP contribution in [0.3, 0.4) is 0 Å². The van der Waals surface area contributed by atoms with Crippen LogP contribution in [0, 0.1) is 0 Å². The van der Waals surface area contributed by atoms with E-state index in [0.29, 0.717) is 18.0 Å². The molecule has 5 heteroatoms. The van der Waals surface area contributed by atoms with Gasteiger partial charge in [-0.3, -0.25) is 10.1 Å². The number of carbonyl (C=O) groups excluding carboxylic acids is 1. The minimum atomic E-state index is -1.18. The lowest BCUT2D eigenvalue weighted by Gasteiger charge is -2.29. The van der Waals surface area contributed by atoms with Crippen molar-refractivity contribution in [2.24, 2.45) is 0 Å². The Hall–Kier alpha value is -0.940. The standard InChI is InChI=1S/C10H14N2O2S/c13-8(12-9-11-6-7-15-9)10(14)4-2-1-3-5-10/h6-7,14H,1-5H2,(H,11,12,13). The highest BCUT2D eigenvalue weighted by Crippen LogP contribution is 2.29. The Bertz CT molecular complexity index is 331. The summed E-state index contributed by atoms with van der Waals surface area (Å²) in [4.78, 5) is 15.8. The topological polar surface area (TPSA) is 62.2 Å². The molecule has 1 aromatic rings. The number of carbonyl (C=O) groups is 1. The molecule has 1 aliphatic carbocycles. The number of nitrogens with one attached hydrogen (secondary N) is 1. The van der Waals surface area contributed by atoms with E-state index >= 15 is 0 Å². The lowest BCUT2D eigenvalue weighted by molar-refractivity contribution is -0.137. The second kappa shape index (κ2) is 4.28. The molecule has 1 saturated carbocycles. The molecular formula is C10H14N2O2S. The number of aliphatic hydroxyl groups is 1. The third-order valence-electron chi connectivity index (χ3n) is 2.76. The second-order valence-corrected chi connectivity index (χ2v) is 4.78. The maximum atomic E-state index is 11.8. The van der Waals surface area contributed by atoms with Crippen LogP contribution in [-0.4, -0.2) is 21.6 Å². The van der Waals surface area contributed by atoms with Gasteiger partial charge in [-0.15, -0.1) is 11.3 Å². The van der Waals surface area contributed by atoms with Crippen molar-refractivity contribution in [1.82, 2.24) is 4.98 Å². The molecule has 0 unspecified atom stereocenters. The van der Waals surface area contributed by atoms with Crippen molar-refractivity contribution >= 4 is 22.4 Å². The average molecular weight is 226 g/mol. The molecule has 4 nitrogen and oxygen atoms in total. The van der Waals surface area contributed by atoms with Gasteiger partial charge in [0.1, 0.15) is 5.60 Å². The monoisotopic (exact) mass is 226 g/mol. The van der Waals surface area contributed by atoms with Gasteiger partial charge in [-0.05, 0) is 12.8 Å². The minimum Gasteiger partial charge on any atom is -0.380 e. The maximum absolute atomic E-state index is 11.8. The third kappa shape index (κ3) is 2.35. The number of anilines is 1. The van der Waals surface area contributed by atoms with E-state index in [4.69, 9.17) is 0 Å². The van der Waals surface area contributed by atoms with Gasteiger partial charge >= 0.3 is 0 Å². The Morgan fingerprint density at radius 3 is 2.80 bits per heavy atom. The van der Waals surface area contributed by atoms with E-state index in [0.717, 1.165) is 19.3 Å². The fourth-order valence-corrected chi connectivity index (χ4v) is 2.39. The summed E-state index contributed by atoms with van der Waals surface area (Å²) in [5.74, 6) is -0.308. The number of aromatic nitrogens is 1. The Morgan fingerprint density at radius 1 is 1.47 bits per heavy atom. The fourth-order valence-electron chi connectivity index (χ4n) is 1.86. The van der Waals surface area contributed by atoms with E-state index in [1.807, 2.05) is 0 Å². The molecule has 1 aliphatic rings. The number of amides is 1. The first-order valence-electron chi connectivity index (χ1n) is 5.14. The number of hydrogen-bond donors (Lipinski definition) is 2. The molecule has 1 fully saturated rings. The highest BCUT2D eigenvalue weighted by Gasteiger charge is 2.37. The Morgan fingerprint density at radius 2 is 2.20 bits per heavy atom. The first-order chi connectivity index (χ1) is 7.21. The largest absolute Gasteiger partial charge is 0.380 e. The molecule has 1 heterocycles. The summed E-state index contributed by atoms with van der Waals surface area (Å²) in [6, 6.07) is 0. The average Bonchev–Trinajstić information content (AvgIpc) is 2.71. The molecule has 0 aromatic carbocycles. The zero-order valence-electron chi connectivity index (χ0n) is 8.40. The van der Waals surface area contributed by atoms with Gasteiger partial charge in [-0.1, -0.05) is 19.3 Å². The molecule has 0 atom stereocenters.